The molecule has 0 radical (unpaired) electrons. The quantitative estimate of drug-likeness (QED) is 0.718. The van der Waals surface area contributed by atoms with Crippen LogP contribution >= 0.6 is 11.6 Å². The largest absolute Gasteiger partial charge is 0.352 e. The molecule has 0 bridgehead atoms. The smallest absolute Gasteiger partial charge is 0.251 e. The third-order valence-corrected chi connectivity index (χ3v) is 5.44. The SMILES string of the molecule is CC(C)CCNC(=O)c1cccc(S(=O)(=O)NCc2ccc(Cl)cc2)c1. The Morgan fingerprint density at radius 2 is 1.81 bits per heavy atom. The van der Waals surface area contributed by atoms with Gasteiger partial charge in [-0.3, -0.25) is 4.79 Å². The molecule has 0 saturated heterocycles. The van der Waals surface area contributed by atoms with Gasteiger partial charge < -0.3 is 5.32 Å². The summed E-state index contributed by atoms with van der Waals surface area (Å²) in [5.41, 5.74) is 1.11. The fraction of sp³-hybridized carbons (Fsp3) is 0.316. The van der Waals surface area contributed by atoms with Gasteiger partial charge in [0.25, 0.3) is 5.91 Å². The van der Waals surface area contributed by atoms with Crippen LogP contribution in [-0.4, -0.2) is 20.9 Å². The second-order valence-corrected chi connectivity index (χ2v) is 8.62. The number of benzene rings is 2. The van der Waals surface area contributed by atoms with Gasteiger partial charge >= 0.3 is 0 Å². The van der Waals surface area contributed by atoms with E-state index in [1.165, 1.54) is 12.1 Å². The number of carbonyl (C=O) groups excluding carboxylic acids is 1. The van der Waals surface area contributed by atoms with Crippen molar-refractivity contribution in [2.24, 2.45) is 5.92 Å². The molecule has 0 heterocycles. The van der Waals surface area contributed by atoms with Gasteiger partial charge in [-0.2, -0.15) is 0 Å². The minimum absolute atomic E-state index is 0.0583. The van der Waals surface area contributed by atoms with E-state index in [9.17, 15) is 13.2 Å². The normalized spacial score (nSPS) is 11.5. The molecule has 2 aromatic rings. The zero-order valence-electron chi connectivity index (χ0n) is 14.8. The third kappa shape index (κ3) is 6.12. The van der Waals surface area contributed by atoms with Crippen LogP contribution in [0.1, 0.15) is 36.2 Å². The highest BCUT2D eigenvalue weighted by atomic mass is 35.5. The van der Waals surface area contributed by atoms with Crippen molar-refractivity contribution in [1.29, 1.82) is 0 Å². The molecular formula is C19H23ClN2O3S. The molecule has 0 fully saturated rings. The maximum absolute atomic E-state index is 12.5. The molecule has 7 heteroatoms. The molecule has 2 N–H and O–H groups in total. The zero-order valence-corrected chi connectivity index (χ0v) is 16.4. The average molecular weight is 395 g/mol. The number of hydrogen-bond acceptors (Lipinski definition) is 3. The summed E-state index contributed by atoms with van der Waals surface area (Å²) in [5, 5.41) is 3.40. The van der Waals surface area contributed by atoms with Gasteiger partial charge in [0.2, 0.25) is 10.0 Å². The minimum Gasteiger partial charge on any atom is -0.352 e. The third-order valence-electron chi connectivity index (χ3n) is 3.79. The average Bonchev–Trinajstić information content (AvgIpc) is 2.61. The lowest BCUT2D eigenvalue weighted by molar-refractivity contribution is 0.0952. The predicted octanol–water partition coefficient (Wildman–Crippen LogP) is 3.59. The molecule has 140 valence electrons. The Balaban J connectivity index is 2.04. The molecule has 0 aliphatic carbocycles. The molecule has 0 aliphatic rings. The number of carbonyl (C=O) groups is 1. The fourth-order valence-electron chi connectivity index (χ4n) is 2.24. The predicted molar refractivity (Wildman–Crippen MR) is 104 cm³/mol. The molecular weight excluding hydrogens is 372 g/mol. The topological polar surface area (TPSA) is 75.3 Å². The van der Waals surface area contributed by atoms with Crippen molar-refractivity contribution >= 4 is 27.5 Å². The molecule has 2 aromatic carbocycles. The lowest BCUT2D eigenvalue weighted by atomic mass is 10.1. The first-order chi connectivity index (χ1) is 12.3. The van der Waals surface area contributed by atoms with Gasteiger partial charge in [-0.1, -0.05) is 43.6 Å². The first-order valence-electron chi connectivity index (χ1n) is 8.40. The van der Waals surface area contributed by atoms with Gasteiger partial charge in [-0.15, -0.1) is 0 Å². The number of sulfonamides is 1. The zero-order chi connectivity index (χ0) is 19.2. The van der Waals surface area contributed by atoms with Crippen LogP contribution in [0.15, 0.2) is 53.4 Å². The molecule has 2 rings (SSSR count). The number of amides is 1. The fourth-order valence-corrected chi connectivity index (χ4v) is 3.43. The number of nitrogens with one attached hydrogen (secondary N) is 2. The molecule has 0 atom stereocenters. The van der Waals surface area contributed by atoms with Crippen molar-refractivity contribution in [2.45, 2.75) is 31.7 Å². The van der Waals surface area contributed by atoms with E-state index in [2.05, 4.69) is 23.9 Å². The van der Waals surface area contributed by atoms with E-state index in [0.29, 0.717) is 23.0 Å². The van der Waals surface area contributed by atoms with E-state index in [-0.39, 0.29) is 17.3 Å². The van der Waals surface area contributed by atoms with Gasteiger partial charge in [-0.25, -0.2) is 13.1 Å². The molecule has 1 amide bonds. The lowest BCUT2D eigenvalue weighted by Gasteiger charge is -2.10. The van der Waals surface area contributed by atoms with Crippen LogP contribution in [-0.2, 0) is 16.6 Å². The Bertz CT molecular complexity index is 849. The van der Waals surface area contributed by atoms with Crippen LogP contribution < -0.4 is 10.0 Å². The van der Waals surface area contributed by atoms with E-state index in [1.54, 1.807) is 36.4 Å². The van der Waals surface area contributed by atoms with E-state index in [1.807, 2.05) is 0 Å². The molecule has 0 unspecified atom stereocenters. The Morgan fingerprint density at radius 1 is 1.12 bits per heavy atom. The van der Waals surface area contributed by atoms with E-state index in [0.717, 1.165) is 12.0 Å². The van der Waals surface area contributed by atoms with Crippen LogP contribution in [0.2, 0.25) is 5.02 Å². The van der Waals surface area contributed by atoms with Crippen LogP contribution in [0, 0.1) is 5.92 Å². The van der Waals surface area contributed by atoms with Gasteiger partial charge in [0, 0.05) is 23.7 Å². The van der Waals surface area contributed by atoms with Crippen molar-refractivity contribution in [3.8, 4) is 0 Å². The molecule has 26 heavy (non-hydrogen) atoms. The Morgan fingerprint density at radius 3 is 2.46 bits per heavy atom. The van der Waals surface area contributed by atoms with Crippen molar-refractivity contribution < 1.29 is 13.2 Å². The molecule has 0 aliphatic heterocycles. The molecule has 0 spiro atoms. The van der Waals surface area contributed by atoms with Crippen LogP contribution in [0.25, 0.3) is 0 Å². The van der Waals surface area contributed by atoms with Crippen molar-refractivity contribution in [3.63, 3.8) is 0 Å². The van der Waals surface area contributed by atoms with Gasteiger partial charge in [0.1, 0.15) is 0 Å². The first-order valence-corrected chi connectivity index (χ1v) is 10.3. The van der Waals surface area contributed by atoms with Gasteiger partial charge in [-0.05, 0) is 48.2 Å². The highest BCUT2D eigenvalue weighted by Crippen LogP contribution is 2.14. The van der Waals surface area contributed by atoms with E-state index >= 15 is 0 Å². The van der Waals surface area contributed by atoms with E-state index < -0.39 is 10.0 Å². The van der Waals surface area contributed by atoms with Crippen molar-refractivity contribution in [1.82, 2.24) is 10.0 Å². The summed E-state index contributed by atoms with van der Waals surface area (Å²) in [6.45, 7) is 4.85. The lowest BCUT2D eigenvalue weighted by Crippen LogP contribution is -2.26. The number of rotatable bonds is 8. The summed E-state index contributed by atoms with van der Waals surface area (Å²) in [6.07, 6.45) is 0.867. The standard InChI is InChI=1S/C19H23ClN2O3S/c1-14(2)10-11-21-19(23)16-4-3-5-18(12-16)26(24,25)22-13-15-6-8-17(20)9-7-15/h3-9,12,14,22H,10-11,13H2,1-2H3,(H,21,23). The number of hydrogen-bond donors (Lipinski definition) is 2. The second-order valence-electron chi connectivity index (χ2n) is 6.42. The molecule has 5 nitrogen and oxygen atoms in total. The summed E-state index contributed by atoms with van der Waals surface area (Å²) in [4.78, 5) is 12.2. The monoisotopic (exact) mass is 394 g/mol. The maximum Gasteiger partial charge on any atom is 0.251 e. The molecule has 0 aromatic heterocycles. The second kappa shape index (κ2) is 9.16. The van der Waals surface area contributed by atoms with Gasteiger partial charge in [0.05, 0.1) is 4.90 Å². The Hall–Kier alpha value is -1.89. The summed E-state index contributed by atoms with van der Waals surface area (Å²) < 4.78 is 27.5. The Kier molecular flexibility index (Phi) is 7.20. The van der Waals surface area contributed by atoms with Gasteiger partial charge in [0.15, 0.2) is 0 Å². The summed E-state index contributed by atoms with van der Waals surface area (Å²) >= 11 is 5.82. The van der Waals surface area contributed by atoms with Crippen molar-refractivity contribution in [3.05, 3.63) is 64.7 Å². The number of halogens is 1. The highest BCUT2D eigenvalue weighted by molar-refractivity contribution is 7.89. The first kappa shape index (κ1) is 20.4. The van der Waals surface area contributed by atoms with E-state index in [4.69, 9.17) is 11.6 Å². The summed E-state index contributed by atoms with van der Waals surface area (Å²) in [7, 11) is -3.72. The Labute approximate surface area is 159 Å². The maximum atomic E-state index is 12.5. The summed E-state index contributed by atoms with van der Waals surface area (Å²) in [6, 6.07) is 12.9. The molecule has 0 saturated carbocycles. The summed E-state index contributed by atoms with van der Waals surface area (Å²) in [5.74, 6) is 0.208. The van der Waals surface area contributed by atoms with Crippen molar-refractivity contribution in [2.75, 3.05) is 6.54 Å². The van der Waals surface area contributed by atoms with Crippen LogP contribution in [0.3, 0.4) is 0 Å². The highest BCUT2D eigenvalue weighted by Gasteiger charge is 2.16. The minimum atomic E-state index is -3.72. The van der Waals surface area contributed by atoms with Crippen LogP contribution in [0.4, 0.5) is 0 Å². The van der Waals surface area contributed by atoms with Crippen LogP contribution in [0.5, 0.6) is 0 Å².